The highest BCUT2D eigenvalue weighted by atomic mass is 15.4. The van der Waals surface area contributed by atoms with Crippen LogP contribution in [0.4, 0.5) is 11.5 Å². The number of aromatic nitrogens is 4. The lowest BCUT2D eigenvalue weighted by Gasteiger charge is -2.38. The highest BCUT2D eigenvalue weighted by molar-refractivity contribution is 5.58. The van der Waals surface area contributed by atoms with Crippen molar-refractivity contribution in [2.24, 2.45) is 0 Å². The van der Waals surface area contributed by atoms with E-state index in [1.807, 2.05) is 4.52 Å². The number of aryl methyl sites for hydroxylation is 3. The molecule has 0 N–H and O–H groups in total. The lowest BCUT2D eigenvalue weighted by atomic mass is 10.1. The Morgan fingerprint density at radius 1 is 1.00 bits per heavy atom. The first-order chi connectivity index (χ1) is 13.1. The first-order valence-electron chi connectivity index (χ1n) is 9.85. The summed E-state index contributed by atoms with van der Waals surface area (Å²) >= 11 is 0. The van der Waals surface area contributed by atoms with E-state index in [4.69, 9.17) is 0 Å². The summed E-state index contributed by atoms with van der Waals surface area (Å²) < 4.78 is 1.92. The number of fused-ring (bicyclic) bond motifs is 1. The van der Waals surface area contributed by atoms with E-state index in [9.17, 15) is 0 Å². The van der Waals surface area contributed by atoms with E-state index in [1.54, 1.807) is 6.33 Å². The van der Waals surface area contributed by atoms with Gasteiger partial charge in [-0.15, -0.1) is 0 Å². The Morgan fingerprint density at radius 2 is 1.74 bits per heavy atom. The van der Waals surface area contributed by atoms with Crippen LogP contribution in [0.2, 0.25) is 0 Å². The number of benzene rings is 1. The smallest absolute Gasteiger partial charge is 0.254 e. The molecule has 1 fully saturated rings. The highest BCUT2D eigenvalue weighted by Gasteiger charge is 2.24. The summed E-state index contributed by atoms with van der Waals surface area (Å²) in [7, 11) is 0. The van der Waals surface area contributed by atoms with Gasteiger partial charge in [0.2, 0.25) is 0 Å². The molecule has 1 aromatic carbocycles. The average molecular weight is 364 g/mol. The summed E-state index contributed by atoms with van der Waals surface area (Å²) in [5.41, 5.74) is 6.40. The van der Waals surface area contributed by atoms with Gasteiger partial charge in [0.1, 0.15) is 12.1 Å². The Balaban J connectivity index is 1.63. The number of hydrogen-bond acceptors (Lipinski definition) is 5. The van der Waals surface area contributed by atoms with Crippen molar-refractivity contribution in [1.29, 1.82) is 0 Å². The molecule has 3 aromatic rings. The first kappa shape index (κ1) is 17.8. The quantitative estimate of drug-likeness (QED) is 0.711. The molecule has 3 heterocycles. The predicted octanol–water partition coefficient (Wildman–Crippen LogP) is 3.33. The molecule has 0 aliphatic carbocycles. The number of anilines is 2. The van der Waals surface area contributed by atoms with E-state index in [-0.39, 0.29) is 0 Å². The maximum Gasteiger partial charge on any atom is 0.254 e. The van der Waals surface area contributed by atoms with Crippen LogP contribution in [0.1, 0.15) is 35.7 Å². The van der Waals surface area contributed by atoms with Crippen LogP contribution in [0.5, 0.6) is 0 Å². The zero-order valence-corrected chi connectivity index (χ0v) is 16.7. The number of hydrogen-bond donors (Lipinski definition) is 0. The molecular formula is C21H28N6. The Morgan fingerprint density at radius 3 is 2.44 bits per heavy atom. The third-order valence-electron chi connectivity index (χ3n) is 5.48. The standard InChI is InChI=1S/C21H28N6/c1-5-6-18-17(4)24-21-22-14-23-27(21)20(18)26-11-9-25(10-12-26)19-8-7-15(2)13-16(19)3/h7-8,13-14H,5-6,9-12H2,1-4H3. The van der Waals surface area contributed by atoms with Gasteiger partial charge in [-0.3, -0.25) is 0 Å². The van der Waals surface area contributed by atoms with Crippen molar-refractivity contribution in [1.82, 2.24) is 19.6 Å². The second-order valence-electron chi connectivity index (χ2n) is 7.49. The molecule has 4 rings (SSSR count). The van der Waals surface area contributed by atoms with Crippen LogP contribution in [0.15, 0.2) is 24.5 Å². The Hall–Kier alpha value is -2.63. The van der Waals surface area contributed by atoms with Crippen molar-refractivity contribution in [2.45, 2.75) is 40.5 Å². The summed E-state index contributed by atoms with van der Waals surface area (Å²) in [6.45, 7) is 12.6. The van der Waals surface area contributed by atoms with E-state index < -0.39 is 0 Å². The zero-order valence-electron chi connectivity index (χ0n) is 16.7. The summed E-state index contributed by atoms with van der Waals surface area (Å²) in [5, 5.41) is 4.47. The fourth-order valence-electron chi connectivity index (χ4n) is 4.16. The molecule has 0 bridgehead atoms. The lowest BCUT2D eigenvalue weighted by Crippen LogP contribution is -2.47. The number of rotatable bonds is 4. The average Bonchev–Trinajstić information content (AvgIpc) is 3.10. The van der Waals surface area contributed by atoms with Crippen LogP contribution < -0.4 is 9.80 Å². The molecule has 0 spiro atoms. The topological polar surface area (TPSA) is 49.6 Å². The number of piperazine rings is 1. The fourth-order valence-corrected chi connectivity index (χ4v) is 4.16. The fraction of sp³-hybridized carbons (Fsp3) is 0.476. The Labute approximate surface area is 160 Å². The first-order valence-corrected chi connectivity index (χ1v) is 9.85. The highest BCUT2D eigenvalue weighted by Crippen LogP contribution is 2.28. The maximum absolute atomic E-state index is 4.64. The van der Waals surface area contributed by atoms with Gasteiger partial charge in [0.25, 0.3) is 5.78 Å². The minimum absolute atomic E-state index is 0.694. The summed E-state index contributed by atoms with van der Waals surface area (Å²) in [5.74, 6) is 1.87. The van der Waals surface area contributed by atoms with Gasteiger partial charge >= 0.3 is 0 Å². The van der Waals surface area contributed by atoms with E-state index in [1.165, 1.54) is 28.2 Å². The van der Waals surface area contributed by atoms with Gasteiger partial charge in [-0.1, -0.05) is 31.0 Å². The van der Waals surface area contributed by atoms with Crippen LogP contribution in [-0.2, 0) is 6.42 Å². The van der Waals surface area contributed by atoms with Gasteiger partial charge in [-0.25, -0.2) is 4.98 Å². The molecule has 0 atom stereocenters. The molecule has 2 aromatic heterocycles. The summed E-state index contributed by atoms with van der Waals surface area (Å²) in [6, 6.07) is 6.74. The normalized spacial score (nSPS) is 15.0. The van der Waals surface area contributed by atoms with Gasteiger partial charge in [0, 0.05) is 43.1 Å². The molecule has 0 saturated carbocycles. The largest absolute Gasteiger partial charge is 0.368 e. The van der Waals surface area contributed by atoms with Crippen LogP contribution in [-0.4, -0.2) is 45.8 Å². The number of nitrogens with zero attached hydrogens (tertiary/aromatic N) is 6. The molecule has 6 nitrogen and oxygen atoms in total. The second kappa shape index (κ2) is 7.18. The predicted molar refractivity (Wildman–Crippen MR) is 110 cm³/mol. The molecular weight excluding hydrogens is 336 g/mol. The molecule has 1 saturated heterocycles. The lowest BCUT2D eigenvalue weighted by molar-refractivity contribution is 0.632. The van der Waals surface area contributed by atoms with Crippen molar-refractivity contribution in [2.75, 3.05) is 36.0 Å². The molecule has 142 valence electrons. The molecule has 0 unspecified atom stereocenters. The monoisotopic (exact) mass is 364 g/mol. The van der Waals surface area contributed by atoms with Gasteiger partial charge in [0.15, 0.2) is 0 Å². The van der Waals surface area contributed by atoms with Gasteiger partial charge in [-0.2, -0.15) is 14.6 Å². The van der Waals surface area contributed by atoms with Crippen LogP contribution in [0.3, 0.4) is 0 Å². The molecule has 6 heteroatoms. The molecule has 0 radical (unpaired) electrons. The minimum atomic E-state index is 0.694. The second-order valence-corrected chi connectivity index (χ2v) is 7.49. The summed E-state index contributed by atoms with van der Waals surface area (Å²) in [4.78, 5) is 13.9. The Kier molecular flexibility index (Phi) is 4.72. The van der Waals surface area contributed by atoms with Crippen molar-refractivity contribution in [3.8, 4) is 0 Å². The van der Waals surface area contributed by atoms with Gasteiger partial charge in [0.05, 0.1) is 0 Å². The van der Waals surface area contributed by atoms with Crippen LogP contribution >= 0.6 is 0 Å². The molecule has 1 aliphatic heterocycles. The summed E-state index contributed by atoms with van der Waals surface area (Å²) in [6.07, 6.45) is 3.71. The van der Waals surface area contributed by atoms with Gasteiger partial charge in [-0.05, 0) is 38.8 Å². The molecule has 1 aliphatic rings. The van der Waals surface area contributed by atoms with Crippen LogP contribution in [0.25, 0.3) is 5.78 Å². The van der Waals surface area contributed by atoms with E-state index >= 15 is 0 Å². The SMILES string of the molecule is CCCc1c(C)nc2ncnn2c1N1CCN(c2ccc(C)cc2C)CC1. The van der Waals surface area contributed by atoms with E-state index in [2.05, 4.69) is 70.8 Å². The maximum atomic E-state index is 4.64. The third kappa shape index (κ3) is 3.24. The molecule has 27 heavy (non-hydrogen) atoms. The Bertz CT molecular complexity index is 953. The third-order valence-corrected chi connectivity index (χ3v) is 5.48. The van der Waals surface area contributed by atoms with E-state index in [0.717, 1.165) is 44.7 Å². The van der Waals surface area contributed by atoms with Crippen molar-refractivity contribution < 1.29 is 0 Å². The van der Waals surface area contributed by atoms with E-state index in [0.29, 0.717) is 5.78 Å². The van der Waals surface area contributed by atoms with Crippen molar-refractivity contribution in [3.63, 3.8) is 0 Å². The van der Waals surface area contributed by atoms with Crippen molar-refractivity contribution >= 4 is 17.3 Å². The molecule has 0 amide bonds. The van der Waals surface area contributed by atoms with Crippen molar-refractivity contribution in [3.05, 3.63) is 46.9 Å². The zero-order chi connectivity index (χ0) is 19.0. The van der Waals surface area contributed by atoms with Gasteiger partial charge < -0.3 is 9.80 Å². The minimum Gasteiger partial charge on any atom is -0.368 e. The van der Waals surface area contributed by atoms with Crippen LogP contribution in [0, 0.1) is 20.8 Å².